The first kappa shape index (κ1) is 15.3. The summed E-state index contributed by atoms with van der Waals surface area (Å²) >= 11 is 6.07. The van der Waals surface area contributed by atoms with E-state index >= 15 is 0 Å². The van der Waals surface area contributed by atoms with Crippen LogP contribution in [0.25, 0.3) is 0 Å². The van der Waals surface area contributed by atoms with Crippen molar-refractivity contribution in [1.82, 2.24) is 9.29 Å². The molecule has 116 valence electrons. The van der Waals surface area contributed by atoms with Crippen molar-refractivity contribution >= 4 is 21.6 Å². The summed E-state index contributed by atoms with van der Waals surface area (Å²) in [7, 11) is -3.53. The zero-order valence-electron chi connectivity index (χ0n) is 12.0. The van der Waals surface area contributed by atoms with Gasteiger partial charge in [0.1, 0.15) is 4.90 Å². The van der Waals surface area contributed by atoms with Crippen LogP contribution in [-0.2, 0) is 10.0 Å². The van der Waals surface area contributed by atoms with Gasteiger partial charge in [-0.2, -0.15) is 4.31 Å². The van der Waals surface area contributed by atoms with Crippen molar-refractivity contribution < 1.29 is 8.42 Å². The number of aromatic nitrogens is 1. The quantitative estimate of drug-likeness (QED) is 0.853. The zero-order valence-corrected chi connectivity index (χ0v) is 13.6. The number of halogens is 1. The summed E-state index contributed by atoms with van der Waals surface area (Å²) in [4.78, 5) is 4.08. The van der Waals surface area contributed by atoms with E-state index in [1.54, 1.807) is 10.4 Å². The van der Waals surface area contributed by atoms with Crippen LogP contribution in [0, 0.1) is 5.92 Å². The van der Waals surface area contributed by atoms with Crippen LogP contribution in [0.1, 0.15) is 44.9 Å². The van der Waals surface area contributed by atoms with Crippen LogP contribution < -0.4 is 0 Å². The molecule has 2 fully saturated rings. The molecular formula is C15H21ClN2O2S. The largest absolute Gasteiger partial charge is 0.263 e. The van der Waals surface area contributed by atoms with Crippen LogP contribution in [0.2, 0.25) is 5.02 Å². The lowest BCUT2D eigenvalue weighted by molar-refractivity contribution is 0.226. The molecule has 2 aliphatic rings. The Labute approximate surface area is 131 Å². The second-order valence-electron chi connectivity index (χ2n) is 6.03. The first-order chi connectivity index (χ1) is 10.1. The van der Waals surface area contributed by atoms with Crippen molar-refractivity contribution in [3.63, 3.8) is 0 Å². The number of sulfonamides is 1. The van der Waals surface area contributed by atoms with Gasteiger partial charge in [-0.1, -0.05) is 30.9 Å². The average molecular weight is 329 g/mol. The van der Waals surface area contributed by atoms with Crippen molar-refractivity contribution in [3.8, 4) is 0 Å². The van der Waals surface area contributed by atoms with E-state index in [1.807, 2.05) is 0 Å². The van der Waals surface area contributed by atoms with Crippen LogP contribution >= 0.6 is 11.6 Å². The van der Waals surface area contributed by atoms with Crippen LogP contribution in [0.15, 0.2) is 23.4 Å². The van der Waals surface area contributed by atoms with Crippen LogP contribution in [0.3, 0.4) is 0 Å². The molecule has 1 aromatic rings. The lowest BCUT2D eigenvalue weighted by Crippen LogP contribution is -2.40. The van der Waals surface area contributed by atoms with Crippen molar-refractivity contribution in [1.29, 1.82) is 0 Å². The fourth-order valence-corrected chi connectivity index (χ4v) is 5.90. The molecule has 1 atom stereocenters. The maximum Gasteiger partial charge on any atom is 0.246 e. The summed E-state index contributed by atoms with van der Waals surface area (Å²) in [6.45, 7) is 0.606. The third-order valence-electron chi connectivity index (χ3n) is 4.76. The molecule has 21 heavy (non-hydrogen) atoms. The van der Waals surface area contributed by atoms with E-state index in [4.69, 9.17) is 11.6 Å². The predicted octanol–water partition coefficient (Wildman–Crippen LogP) is 3.47. The molecule has 0 radical (unpaired) electrons. The van der Waals surface area contributed by atoms with Gasteiger partial charge in [0.05, 0.1) is 5.02 Å². The van der Waals surface area contributed by atoms with Gasteiger partial charge in [0, 0.05) is 25.0 Å². The minimum Gasteiger partial charge on any atom is -0.263 e. The van der Waals surface area contributed by atoms with E-state index in [0.717, 1.165) is 25.7 Å². The SMILES string of the molecule is O=S(=O)(c1cnccc1Cl)N1CCCC1C1CCCCC1. The molecule has 1 saturated carbocycles. The number of hydrogen-bond donors (Lipinski definition) is 0. The van der Waals surface area contributed by atoms with E-state index in [2.05, 4.69) is 4.98 Å². The third-order valence-corrected chi connectivity index (χ3v) is 7.16. The molecule has 2 heterocycles. The molecule has 3 rings (SSSR count). The van der Waals surface area contributed by atoms with Crippen molar-refractivity contribution in [2.24, 2.45) is 5.92 Å². The molecule has 0 N–H and O–H groups in total. The second kappa shape index (κ2) is 6.23. The van der Waals surface area contributed by atoms with E-state index in [0.29, 0.717) is 12.5 Å². The molecule has 0 amide bonds. The number of pyridine rings is 1. The van der Waals surface area contributed by atoms with Crippen molar-refractivity contribution in [3.05, 3.63) is 23.5 Å². The average Bonchev–Trinajstić information content (AvgIpc) is 2.99. The highest BCUT2D eigenvalue weighted by atomic mass is 35.5. The number of nitrogens with zero attached hydrogens (tertiary/aromatic N) is 2. The molecular weight excluding hydrogens is 308 g/mol. The maximum absolute atomic E-state index is 12.9. The number of hydrogen-bond acceptors (Lipinski definition) is 3. The van der Waals surface area contributed by atoms with Gasteiger partial charge in [-0.3, -0.25) is 4.98 Å². The molecule has 0 aromatic carbocycles. The Bertz CT molecular complexity index is 599. The van der Waals surface area contributed by atoms with E-state index in [-0.39, 0.29) is 16.0 Å². The molecule has 1 saturated heterocycles. The van der Waals surface area contributed by atoms with E-state index < -0.39 is 10.0 Å². The highest BCUT2D eigenvalue weighted by Gasteiger charge is 2.40. The van der Waals surface area contributed by atoms with Crippen molar-refractivity contribution in [2.45, 2.75) is 55.9 Å². The summed E-state index contributed by atoms with van der Waals surface area (Å²) in [6.07, 6.45) is 10.8. The van der Waals surface area contributed by atoms with Gasteiger partial charge >= 0.3 is 0 Å². The molecule has 1 aliphatic heterocycles. The Morgan fingerprint density at radius 1 is 1.14 bits per heavy atom. The molecule has 1 aromatic heterocycles. The molecule has 1 unspecified atom stereocenters. The van der Waals surface area contributed by atoms with Crippen LogP contribution in [0.4, 0.5) is 0 Å². The summed E-state index contributed by atoms with van der Waals surface area (Å²) < 4.78 is 27.5. The Balaban J connectivity index is 1.89. The topological polar surface area (TPSA) is 50.3 Å². The smallest absolute Gasteiger partial charge is 0.246 e. The first-order valence-corrected chi connectivity index (χ1v) is 9.54. The third kappa shape index (κ3) is 2.96. The van der Waals surface area contributed by atoms with Gasteiger partial charge < -0.3 is 0 Å². The predicted molar refractivity (Wildman–Crippen MR) is 82.7 cm³/mol. The van der Waals surface area contributed by atoms with Crippen molar-refractivity contribution in [2.75, 3.05) is 6.54 Å². The lowest BCUT2D eigenvalue weighted by Gasteiger charge is -2.33. The Kier molecular flexibility index (Phi) is 4.52. The van der Waals surface area contributed by atoms with Gasteiger partial charge in [0.15, 0.2) is 0 Å². The fraction of sp³-hybridized carbons (Fsp3) is 0.667. The molecule has 1 aliphatic carbocycles. The maximum atomic E-state index is 12.9. The Morgan fingerprint density at radius 2 is 1.90 bits per heavy atom. The highest BCUT2D eigenvalue weighted by molar-refractivity contribution is 7.89. The van der Waals surface area contributed by atoms with E-state index in [1.165, 1.54) is 31.7 Å². The summed E-state index contributed by atoms with van der Waals surface area (Å²) in [5.41, 5.74) is 0. The van der Waals surface area contributed by atoms with Gasteiger partial charge in [-0.05, 0) is 37.7 Å². The van der Waals surface area contributed by atoms with Crippen LogP contribution in [0.5, 0.6) is 0 Å². The minimum absolute atomic E-state index is 0.145. The Hall–Kier alpha value is -0.650. The van der Waals surface area contributed by atoms with Gasteiger partial charge in [-0.25, -0.2) is 8.42 Å². The fourth-order valence-electron chi connectivity index (χ4n) is 3.73. The second-order valence-corrected chi connectivity index (χ2v) is 8.30. The van der Waals surface area contributed by atoms with Gasteiger partial charge in [0.2, 0.25) is 10.0 Å². The number of rotatable bonds is 3. The van der Waals surface area contributed by atoms with Crippen LogP contribution in [-0.4, -0.2) is 30.3 Å². The van der Waals surface area contributed by atoms with E-state index in [9.17, 15) is 8.42 Å². The highest BCUT2D eigenvalue weighted by Crippen LogP contribution is 2.37. The molecule has 0 bridgehead atoms. The lowest BCUT2D eigenvalue weighted by atomic mass is 9.83. The monoisotopic (exact) mass is 328 g/mol. The molecule has 4 nitrogen and oxygen atoms in total. The molecule has 0 spiro atoms. The Morgan fingerprint density at radius 3 is 2.62 bits per heavy atom. The van der Waals surface area contributed by atoms with Gasteiger partial charge in [-0.15, -0.1) is 0 Å². The normalized spacial score (nSPS) is 25.3. The summed E-state index contributed by atoms with van der Waals surface area (Å²) in [6, 6.07) is 1.69. The summed E-state index contributed by atoms with van der Waals surface area (Å²) in [5, 5.41) is 0.263. The minimum atomic E-state index is -3.53. The zero-order chi connectivity index (χ0) is 14.9. The van der Waals surface area contributed by atoms with Gasteiger partial charge in [0.25, 0.3) is 0 Å². The standard InChI is InChI=1S/C15H21ClN2O2S/c16-13-8-9-17-11-15(13)21(19,20)18-10-4-7-14(18)12-5-2-1-3-6-12/h8-9,11-12,14H,1-7,10H2. The molecule has 6 heteroatoms. The summed E-state index contributed by atoms with van der Waals surface area (Å²) in [5.74, 6) is 0.506. The first-order valence-electron chi connectivity index (χ1n) is 7.72.